The van der Waals surface area contributed by atoms with Crippen LogP contribution < -0.4 is 0 Å². The van der Waals surface area contributed by atoms with Crippen molar-refractivity contribution in [2.24, 2.45) is 0 Å². The highest BCUT2D eigenvalue weighted by Gasteiger charge is 2.28. The second-order valence-electron chi connectivity index (χ2n) is 3.84. The van der Waals surface area contributed by atoms with Gasteiger partial charge in [-0.15, -0.1) is 0 Å². The molecule has 2 rings (SSSR count). The molecule has 1 aromatic rings. The van der Waals surface area contributed by atoms with E-state index < -0.39 is 0 Å². The Bertz CT molecular complexity index is 397. The molecule has 0 aromatic carbocycles. The van der Waals surface area contributed by atoms with Gasteiger partial charge in [-0.25, -0.2) is 0 Å². The summed E-state index contributed by atoms with van der Waals surface area (Å²) in [4.78, 5) is 18.2. The topological polar surface area (TPSA) is 33.2 Å². The normalized spacial score (nSPS) is 20.1. The first-order valence-corrected chi connectivity index (χ1v) is 7.11. The Kier molecular flexibility index (Phi) is 3.97. The van der Waals surface area contributed by atoms with Crippen LogP contribution in [0.3, 0.4) is 0 Å². The van der Waals surface area contributed by atoms with Crippen LogP contribution in [-0.4, -0.2) is 33.7 Å². The second kappa shape index (κ2) is 5.27. The van der Waals surface area contributed by atoms with E-state index in [0.29, 0.717) is 11.6 Å². The van der Waals surface area contributed by atoms with Crippen LogP contribution in [0.15, 0.2) is 22.9 Å². The molecular formula is C11H12Br2N2O. The summed E-state index contributed by atoms with van der Waals surface area (Å²) in [5, 5.41) is 0.847. The van der Waals surface area contributed by atoms with Gasteiger partial charge in [-0.3, -0.25) is 9.78 Å². The number of amides is 1. The largest absolute Gasteiger partial charge is 0.335 e. The molecule has 1 saturated heterocycles. The third-order valence-corrected chi connectivity index (χ3v) is 3.95. The minimum atomic E-state index is 0.0794. The average molecular weight is 348 g/mol. The van der Waals surface area contributed by atoms with Crippen LogP contribution in [0.5, 0.6) is 0 Å². The van der Waals surface area contributed by atoms with E-state index in [2.05, 4.69) is 36.8 Å². The molecule has 0 aliphatic carbocycles. The number of rotatable bonds is 2. The van der Waals surface area contributed by atoms with Crippen molar-refractivity contribution in [1.29, 1.82) is 0 Å². The fourth-order valence-electron chi connectivity index (χ4n) is 1.96. The highest BCUT2D eigenvalue weighted by atomic mass is 79.9. The van der Waals surface area contributed by atoms with Gasteiger partial charge in [0.05, 0.1) is 5.56 Å². The van der Waals surface area contributed by atoms with Gasteiger partial charge in [-0.2, -0.15) is 0 Å². The molecule has 0 bridgehead atoms. The van der Waals surface area contributed by atoms with E-state index in [1.54, 1.807) is 12.4 Å². The van der Waals surface area contributed by atoms with Crippen molar-refractivity contribution in [2.75, 3.05) is 11.9 Å². The molecule has 1 aromatic heterocycles. The molecule has 0 radical (unpaired) electrons. The predicted octanol–water partition coefficient (Wildman–Crippen LogP) is 2.84. The highest BCUT2D eigenvalue weighted by Crippen LogP contribution is 2.22. The van der Waals surface area contributed by atoms with Gasteiger partial charge in [0.2, 0.25) is 0 Å². The molecule has 3 nitrogen and oxygen atoms in total. The molecule has 1 atom stereocenters. The molecule has 16 heavy (non-hydrogen) atoms. The molecular weight excluding hydrogens is 336 g/mol. The van der Waals surface area contributed by atoms with E-state index in [9.17, 15) is 4.79 Å². The molecule has 1 aliphatic rings. The first-order chi connectivity index (χ1) is 7.72. The summed E-state index contributed by atoms with van der Waals surface area (Å²) in [5.74, 6) is 0.0794. The summed E-state index contributed by atoms with van der Waals surface area (Å²) in [6.45, 7) is 0.849. The number of nitrogens with zero attached hydrogens (tertiary/aromatic N) is 2. The fourth-order valence-corrected chi connectivity index (χ4v) is 3.00. The zero-order chi connectivity index (χ0) is 11.5. The van der Waals surface area contributed by atoms with Crippen LogP contribution in [0.1, 0.15) is 23.2 Å². The maximum absolute atomic E-state index is 12.2. The van der Waals surface area contributed by atoms with Crippen molar-refractivity contribution in [1.82, 2.24) is 9.88 Å². The second-order valence-corrected chi connectivity index (χ2v) is 5.40. The van der Waals surface area contributed by atoms with Gasteiger partial charge >= 0.3 is 0 Å². The van der Waals surface area contributed by atoms with Crippen LogP contribution in [0.4, 0.5) is 0 Å². The lowest BCUT2D eigenvalue weighted by molar-refractivity contribution is 0.0750. The summed E-state index contributed by atoms with van der Waals surface area (Å²) >= 11 is 6.78. The average Bonchev–Trinajstić information content (AvgIpc) is 2.76. The maximum Gasteiger partial charge on any atom is 0.255 e. The summed E-state index contributed by atoms with van der Waals surface area (Å²) in [5.41, 5.74) is 0.655. The molecule has 5 heteroatoms. The van der Waals surface area contributed by atoms with Crippen molar-refractivity contribution in [3.05, 3.63) is 28.5 Å². The number of pyridine rings is 1. The number of aromatic nitrogens is 1. The van der Waals surface area contributed by atoms with Crippen molar-refractivity contribution in [3.8, 4) is 0 Å². The van der Waals surface area contributed by atoms with Crippen molar-refractivity contribution < 1.29 is 4.79 Å². The number of hydrogen-bond donors (Lipinski definition) is 0. The molecule has 1 aliphatic heterocycles. The summed E-state index contributed by atoms with van der Waals surface area (Å²) in [7, 11) is 0. The summed E-state index contributed by atoms with van der Waals surface area (Å²) in [6, 6.07) is 2.14. The highest BCUT2D eigenvalue weighted by molar-refractivity contribution is 9.10. The smallest absolute Gasteiger partial charge is 0.255 e. The molecule has 0 spiro atoms. The number of carbonyl (C=O) groups excluding carboxylic acids is 1. The van der Waals surface area contributed by atoms with Crippen molar-refractivity contribution >= 4 is 37.8 Å². The van der Waals surface area contributed by atoms with Crippen LogP contribution in [0.25, 0.3) is 0 Å². The molecule has 0 saturated carbocycles. The van der Waals surface area contributed by atoms with Crippen LogP contribution in [0.2, 0.25) is 0 Å². The Morgan fingerprint density at radius 1 is 1.56 bits per heavy atom. The minimum absolute atomic E-state index is 0.0794. The van der Waals surface area contributed by atoms with Gasteiger partial charge in [0, 0.05) is 34.8 Å². The molecule has 1 amide bonds. The van der Waals surface area contributed by atoms with E-state index in [0.717, 1.165) is 29.2 Å². The zero-order valence-corrected chi connectivity index (χ0v) is 11.9. The Labute approximate surface area is 111 Å². The summed E-state index contributed by atoms with van der Waals surface area (Å²) in [6.07, 6.45) is 5.47. The first kappa shape index (κ1) is 12.0. The molecule has 1 unspecified atom stereocenters. The third-order valence-electron chi connectivity index (χ3n) is 2.77. The van der Waals surface area contributed by atoms with Crippen molar-refractivity contribution in [3.63, 3.8) is 0 Å². The lowest BCUT2D eigenvalue weighted by Crippen LogP contribution is -2.36. The van der Waals surface area contributed by atoms with E-state index in [1.807, 2.05) is 11.0 Å². The Hall–Kier alpha value is -0.420. The zero-order valence-electron chi connectivity index (χ0n) is 8.70. The summed E-state index contributed by atoms with van der Waals surface area (Å²) < 4.78 is 0.841. The van der Waals surface area contributed by atoms with Gasteiger partial charge in [-0.1, -0.05) is 15.9 Å². The number of likely N-dealkylation sites (tertiary alicyclic amines) is 1. The predicted molar refractivity (Wildman–Crippen MR) is 69.8 cm³/mol. The van der Waals surface area contributed by atoms with E-state index >= 15 is 0 Å². The van der Waals surface area contributed by atoms with Crippen LogP contribution in [-0.2, 0) is 0 Å². The minimum Gasteiger partial charge on any atom is -0.335 e. The Morgan fingerprint density at radius 2 is 2.38 bits per heavy atom. The lowest BCUT2D eigenvalue weighted by atomic mass is 10.2. The Morgan fingerprint density at radius 3 is 3.06 bits per heavy atom. The molecule has 1 fully saturated rings. The van der Waals surface area contributed by atoms with Crippen LogP contribution in [0, 0.1) is 0 Å². The van der Waals surface area contributed by atoms with Gasteiger partial charge in [0.25, 0.3) is 5.91 Å². The molecule has 2 heterocycles. The third kappa shape index (κ3) is 2.46. The van der Waals surface area contributed by atoms with E-state index in [-0.39, 0.29) is 5.91 Å². The van der Waals surface area contributed by atoms with Gasteiger partial charge in [0.1, 0.15) is 0 Å². The SMILES string of the molecule is O=C(c1cncc(Br)c1)N1CCCC1CBr. The standard InChI is InChI=1S/C11H12Br2N2O/c12-5-10-2-1-3-15(10)11(16)8-4-9(13)7-14-6-8/h4,6-7,10H,1-3,5H2. The lowest BCUT2D eigenvalue weighted by Gasteiger charge is -2.22. The maximum atomic E-state index is 12.2. The fraction of sp³-hybridized carbons (Fsp3) is 0.455. The molecule has 86 valence electrons. The quantitative estimate of drug-likeness (QED) is 0.771. The van der Waals surface area contributed by atoms with E-state index in [4.69, 9.17) is 0 Å². The van der Waals surface area contributed by atoms with Gasteiger partial charge in [0.15, 0.2) is 0 Å². The molecule has 0 N–H and O–H groups in total. The number of hydrogen-bond acceptors (Lipinski definition) is 2. The first-order valence-electron chi connectivity index (χ1n) is 5.20. The van der Waals surface area contributed by atoms with Gasteiger partial charge < -0.3 is 4.90 Å². The van der Waals surface area contributed by atoms with Crippen molar-refractivity contribution in [2.45, 2.75) is 18.9 Å². The number of halogens is 2. The van der Waals surface area contributed by atoms with Crippen LogP contribution >= 0.6 is 31.9 Å². The van der Waals surface area contributed by atoms with Gasteiger partial charge in [-0.05, 0) is 34.8 Å². The number of carbonyl (C=O) groups is 1. The monoisotopic (exact) mass is 346 g/mol. The number of alkyl halides is 1. The Balaban J connectivity index is 2.18. The van der Waals surface area contributed by atoms with E-state index in [1.165, 1.54) is 0 Å².